The molecule has 0 radical (unpaired) electrons. The third-order valence-corrected chi connectivity index (χ3v) is 2.73. The van der Waals surface area contributed by atoms with Gasteiger partial charge in [-0.2, -0.15) is 0 Å². The molecule has 0 N–H and O–H groups in total. The molecule has 74 valence electrons. The molecule has 1 heterocycles. The number of carbonyl (C=O) groups is 1. The van der Waals surface area contributed by atoms with E-state index in [1.54, 1.807) is 6.20 Å². The minimum absolute atomic E-state index is 0.215. The second-order valence-electron chi connectivity index (χ2n) is 4.10. The van der Waals surface area contributed by atoms with Gasteiger partial charge in [-0.1, -0.05) is 12.2 Å². The van der Waals surface area contributed by atoms with E-state index in [1.807, 2.05) is 23.9 Å². The fraction of sp³-hybridized carbons (Fsp3) is 0.455. The highest BCUT2D eigenvalue weighted by Crippen LogP contribution is 2.31. The Morgan fingerprint density at radius 3 is 2.93 bits per heavy atom. The van der Waals surface area contributed by atoms with Crippen molar-refractivity contribution in [1.82, 2.24) is 9.55 Å². The molecule has 0 spiro atoms. The van der Waals surface area contributed by atoms with Gasteiger partial charge < -0.3 is 4.57 Å². The number of carbonyl (C=O) groups excluding carboxylic acids is 1. The van der Waals surface area contributed by atoms with Crippen LogP contribution in [-0.4, -0.2) is 15.3 Å². The van der Waals surface area contributed by atoms with Gasteiger partial charge in [0.05, 0.1) is 5.41 Å². The van der Waals surface area contributed by atoms with Crippen LogP contribution >= 0.6 is 0 Å². The molecule has 0 saturated heterocycles. The third-order valence-electron chi connectivity index (χ3n) is 2.73. The van der Waals surface area contributed by atoms with Crippen molar-refractivity contribution in [3.8, 4) is 0 Å². The zero-order valence-corrected chi connectivity index (χ0v) is 8.53. The second kappa shape index (κ2) is 3.08. The number of hydrogen-bond donors (Lipinski definition) is 0. The highest BCUT2D eigenvalue weighted by Gasteiger charge is 2.32. The van der Waals surface area contributed by atoms with Crippen LogP contribution in [0.2, 0.25) is 0 Å². The minimum Gasteiger partial charge on any atom is -0.337 e. The fourth-order valence-corrected chi connectivity index (χ4v) is 2.06. The van der Waals surface area contributed by atoms with Gasteiger partial charge in [-0.3, -0.25) is 4.79 Å². The Balaban J connectivity index is 2.42. The highest BCUT2D eigenvalue weighted by molar-refractivity contribution is 5.83. The summed E-state index contributed by atoms with van der Waals surface area (Å²) in [5.41, 5.74) is -0.215. The van der Waals surface area contributed by atoms with Gasteiger partial charge >= 0.3 is 0 Å². The minimum atomic E-state index is -0.215. The lowest BCUT2D eigenvalue weighted by Crippen LogP contribution is -2.29. The van der Waals surface area contributed by atoms with Crippen LogP contribution in [0.4, 0.5) is 0 Å². The summed E-state index contributed by atoms with van der Waals surface area (Å²) < 4.78 is 1.98. The van der Waals surface area contributed by atoms with Gasteiger partial charge in [0.25, 0.3) is 0 Å². The first-order valence-corrected chi connectivity index (χ1v) is 4.79. The van der Waals surface area contributed by atoms with Crippen molar-refractivity contribution in [2.24, 2.45) is 7.05 Å². The first kappa shape index (κ1) is 9.19. The Hall–Kier alpha value is -1.38. The third kappa shape index (κ3) is 1.39. The molecule has 0 aromatic carbocycles. The largest absolute Gasteiger partial charge is 0.337 e. The topological polar surface area (TPSA) is 34.9 Å². The zero-order valence-electron chi connectivity index (χ0n) is 8.53. The van der Waals surface area contributed by atoms with Crippen molar-refractivity contribution in [2.75, 3.05) is 0 Å². The van der Waals surface area contributed by atoms with Gasteiger partial charge in [-0.15, -0.1) is 0 Å². The van der Waals surface area contributed by atoms with E-state index >= 15 is 0 Å². The summed E-state index contributed by atoms with van der Waals surface area (Å²) in [6, 6.07) is 0. The van der Waals surface area contributed by atoms with Crippen molar-refractivity contribution in [3.05, 3.63) is 30.4 Å². The van der Waals surface area contributed by atoms with E-state index in [0.29, 0.717) is 12.8 Å². The normalized spacial score (nSPS) is 26.9. The Morgan fingerprint density at radius 1 is 1.57 bits per heavy atom. The molecule has 1 aliphatic carbocycles. The van der Waals surface area contributed by atoms with Crippen LogP contribution in [0, 0.1) is 0 Å². The average Bonchev–Trinajstić information content (AvgIpc) is 2.51. The molecule has 1 aromatic rings. The molecule has 2 rings (SSSR count). The van der Waals surface area contributed by atoms with Gasteiger partial charge in [-0.25, -0.2) is 4.98 Å². The van der Waals surface area contributed by atoms with Crippen LogP contribution in [0.5, 0.6) is 0 Å². The zero-order chi connectivity index (χ0) is 10.2. The monoisotopic (exact) mass is 190 g/mol. The maximum atomic E-state index is 11.4. The molecule has 0 bridgehead atoms. The number of ketones is 1. The van der Waals surface area contributed by atoms with E-state index in [1.165, 1.54) is 0 Å². The molecule has 1 aromatic heterocycles. The predicted octanol–water partition coefficient (Wildman–Crippen LogP) is 1.60. The first-order chi connectivity index (χ1) is 6.62. The molecule has 0 aliphatic heterocycles. The number of Topliss-reactive ketones (excluding diaryl/α,β-unsaturated/α-hetero) is 1. The van der Waals surface area contributed by atoms with Crippen LogP contribution in [0.25, 0.3) is 0 Å². The van der Waals surface area contributed by atoms with Crippen LogP contribution in [0.1, 0.15) is 25.6 Å². The second-order valence-corrected chi connectivity index (χ2v) is 4.10. The summed E-state index contributed by atoms with van der Waals surface area (Å²) >= 11 is 0. The van der Waals surface area contributed by atoms with Crippen molar-refractivity contribution >= 4 is 5.78 Å². The van der Waals surface area contributed by atoms with Gasteiger partial charge in [0.1, 0.15) is 11.6 Å². The molecule has 3 heteroatoms. The summed E-state index contributed by atoms with van der Waals surface area (Å²) in [4.78, 5) is 15.7. The Labute approximate surface area is 83.5 Å². The van der Waals surface area contributed by atoms with Crippen LogP contribution < -0.4 is 0 Å². The van der Waals surface area contributed by atoms with Crippen molar-refractivity contribution < 1.29 is 4.79 Å². The number of nitrogens with zero attached hydrogens (tertiary/aromatic N) is 2. The first-order valence-electron chi connectivity index (χ1n) is 4.79. The molecule has 1 unspecified atom stereocenters. The molecule has 3 nitrogen and oxygen atoms in total. The summed E-state index contributed by atoms with van der Waals surface area (Å²) in [6.07, 6.45) is 8.85. The summed E-state index contributed by atoms with van der Waals surface area (Å²) in [5.74, 6) is 1.25. The van der Waals surface area contributed by atoms with Gasteiger partial charge in [-0.05, 0) is 6.92 Å². The van der Waals surface area contributed by atoms with Crippen molar-refractivity contribution in [3.63, 3.8) is 0 Å². The number of aromatic nitrogens is 2. The predicted molar refractivity (Wildman–Crippen MR) is 53.9 cm³/mol. The molecule has 1 atom stereocenters. The quantitative estimate of drug-likeness (QED) is 0.630. The number of imidazole rings is 1. The SMILES string of the molecule is Cn1ccnc1C1(C)C=CCC(=O)C1. The number of aryl methyl sites for hydroxylation is 1. The molecule has 0 fully saturated rings. The van der Waals surface area contributed by atoms with E-state index in [4.69, 9.17) is 0 Å². The molecule has 0 amide bonds. The molecule has 1 aliphatic rings. The van der Waals surface area contributed by atoms with Gasteiger partial charge in [0, 0.05) is 32.3 Å². The van der Waals surface area contributed by atoms with Gasteiger partial charge in [0.15, 0.2) is 0 Å². The molecule has 14 heavy (non-hydrogen) atoms. The van der Waals surface area contributed by atoms with E-state index in [2.05, 4.69) is 18.0 Å². The smallest absolute Gasteiger partial charge is 0.137 e. The summed E-state index contributed by atoms with van der Waals surface area (Å²) in [6.45, 7) is 2.06. The summed E-state index contributed by atoms with van der Waals surface area (Å²) in [7, 11) is 1.96. The lowest BCUT2D eigenvalue weighted by Gasteiger charge is -2.27. The number of hydrogen-bond acceptors (Lipinski definition) is 2. The number of rotatable bonds is 1. The molecular formula is C11H14N2O. The van der Waals surface area contributed by atoms with E-state index < -0.39 is 0 Å². The van der Waals surface area contributed by atoms with Crippen LogP contribution in [0.3, 0.4) is 0 Å². The average molecular weight is 190 g/mol. The highest BCUT2D eigenvalue weighted by atomic mass is 16.1. The fourth-order valence-electron chi connectivity index (χ4n) is 2.06. The number of allylic oxidation sites excluding steroid dienone is 2. The van der Waals surface area contributed by atoms with E-state index in [-0.39, 0.29) is 11.2 Å². The standard InChI is InChI=1S/C11H14N2O/c1-11(5-3-4-9(14)8-11)10-12-6-7-13(10)2/h3,5-7H,4,8H2,1-2H3. The maximum absolute atomic E-state index is 11.4. The Bertz CT molecular complexity index is 392. The van der Waals surface area contributed by atoms with Crippen molar-refractivity contribution in [2.45, 2.75) is 25.2 Å². The molecular weight excluding hydrogens is 176 g/mol. The van der Waals surface area contributed by atoms with Gasteiger partial charge in [0.2, 0.25) is 0 Å². The lowest BCUT2D eigenvalue weighted by molar-refractivity contribution is -0.119. The summed E-state index contributed by atoms with van der Waals surface area (Å²) in [5, 5.41) is 0. The van der Waals surface area contributed by atoms with E-state index in [9.17, 15) is 4.79 Å². The maximum Gasteiger partial charge on any atom is 0.137 e. The Kier molecular flexibility index (Phi) is 2.02. The lowest BCUT2D eigenvalue weighted by atomic mass is 9.79. The van der Waals surface area contributed by atoms with Crippen LogP contribution in [0.15, 0.2) is 24.5 Å². The molecule has 0 saturated carbocycles. The Morgan fingerprint density at radius 2 is 2.36 bits per heavy atom. The van der Waals surface area contributed by atoms with Crippen LogP contribution in [-0.2, 0) is 17.3 Å². The van der Waals surface area contributed by atoms with E-state index in [0.717, 1.165) is 5.82 Å². The van der Waals surface area contributed by atoms with Crippen molar-refractivity contribution in [1.29, 1.82) is 0 Å².